The van der Waals surface area contributed by atoms with Crippen LogP contribution >= 0.6 is 0 Å². The third kappa shape index (κ3) is 3.34. The van der Waals surface area contributed by atoms with Gasteiger partial charge in [0.15, 0.2) is 0 Å². The van der Waals surface area contributed by atoms with Crippen LogP contribution < -0.4 is 10.3 Å². The van der Waals surface area contributed by atoms with Gasteiger partial charge in [0.25, 0.3) is 5.56 Å². The van der Waals surface area contributed by atoms with Crippen molar-refractivity contribution in [3.63, 3.8) is 0 Å². The van der Waals surface area contributed by atoms with E-state index in [1.165, 1.54) is 27.6 Å². The Labute approximate surface area is 181 Å². The summed E-state index contributed by atoms with van der Waals surface area (Å²) in [4.78, 5) is 20.4. The van der Waals surface area contributed by atoms with E-state index in [1.807, 2.05) is 24.0 Å². The zero-order valence-corrected chi connectivity index (χ0v) is 18.5. The van der Waals surface area contributed by atoms with E-state index >= 15 is 0 Å². The van der Waals surface area contributed by atoms with Crippen LogP contribution in [0, 0.1) is 6.92 Å². The summed E-state index contributed by atoms with van der Waals surface area (Å²) in [6, 6.07) is 10.7. The number of aromatic amines is 2. The van der Waals surface area contributed by atoms with Gasteiger partial charge in [-0.25, -0.2) is 0 Å². The highest BCUT2D eigenvalue weighted by molar-refractivity contribution is 5.88. The Balaban J connectivity index is 1.56. The van der Waals surface area contributed by atoms with Crippen LogP contribution in [-0.2, 0) is 13.6 Å². The second kappa shape index (κ2) is 7.59. The molecular weight excluding hydrogens is 390 g/mol. The lowest BCUT2D eigenvalue weighted by Crippen LogP contribution is -2.46. The zero-order valence-electron chi connectivity index (χ0n) is 18.5. The molecule has 3 heterocycles. The van der Waals surface area contributed by atoms with Crippen LogP contribution in [-0.4, -0.2) is 58.4 Å². The Morgan fingerprint density at radius 1 is 1.13 bits per heavy atom. The maximum Gasteiger partial charge on any atom is 0.271 e. The molecule has 0 radical (unpaired) electrons. The van der Waals surface area contributed by atoms with Crippen molar-refractivity contribution >= 4 is 21.8 Å². The van der Waals surface area contributed by atoms with Crippen LogP contribution in [0.15, 0.2) is 41.3 Å². The molecule has 2 aromatic carbocycles. The summed E-state index contributed by atoms with van der Waals surface area (Å²) < 4.78 is 7.60. The van der Waals surface area contributed by atoms with Gasteiger partial charge in [0, 0.05) is 61.9 Å². The van der Waals surface area contributed by atoms with Gasteiger partial charge in [-0.1, -0.05) is 6.07 Å². The number of nitrogens with one attached hydrogen (secondary N) is 2. The third-order valence-electron chi connectivity index (χ3n) is 6.67. The zero-order chi connectivity index (χ0) is 21.7. The van der Waals surface area contributed by atoms with Gasteiger partial charge in [-0.3, -0.25) is 19.5 Å². The molecule has 31 heavy (non-hydrogen) atoms. The summed E-state index contributed by atoms with van der Waals surface area (Å²) in [7, 11) is 5.81. The van der Waals surface area contributed by atoms with Crippen LogP contribution in [0.4, 0.5) is 0 Å². The van der Waals surface area contributed by atoms with Crippen molar-refractivity contribution in [3.8, 4) is 5.75 Å². The number of ether oxygens (including phenoxy) is 1. The predicted octanol–water partition coefficient (Wildman–Crippen LogP) is 3.15. The SMILES string of the molecule is COc1cc(C)c2[nH]ccc2c1CN1CCN(C)CC1c1ccc2c(=O)[nH]n(C)c2c1. The molecule has 162 valence electrons. The second-order valence-corrected chi connectivity index (χ2v) is 8.67. The predicted molar refractivity (Wildman–Crippen MR) is 124 cm³/mol. The van der Waals surface area contributed by atoms with Crippen molar-refractivity contribution in [2.45, 2.75) is 19.5 Å². The minimum absolute atomic E-state index is 0.0408. The van der Waals surface area contributed by atoms with E-state index in [1.54, 1.807) is 7.11 Å². The molecule has 1 fully saturated rings. The number of likely N-dealkylation sites (N-methyl/N-ethyl adjacent to an activating group) is 1. The summed E-state index contributed by atoms with van der Waals surface area (Å²) in [5.74, 6) is 0.936. The molecule has 1 aliphatic heterocycles. The van der Waals surface area contributed by atoms with E-state index in [0.29, 0.717) is 0 Å². The number of piperazine rings is 1. The van der Waals surface area contributed by atoms with Gasteiger partial charge in [0.2, 0.25) is 0 Å². The fraction of sp³-hybridized carbons (Fsp3) is 0.375. The van der Waals surface area contributed by atoms with Crippen LogP contribution in [0.3, 0.4) is 0 Å². The molecule has 1 aliphatic rings. The average molecular weight is 420 g/mol. The van der Waals surface area contributed by atoms with Crippen molar-refractivity contribution < 1.29 is 4.74 Å². The molecule has 0 spiro atoms. The quantitative estimate of drug-likeness (QED) is 0.533. The highest BCUT2D eigenvalue weighted by Crippen LogP contribution is 2.35. The Morgan fingerprint density at radius 3 is 2.77 bits per heavy atom. The van der Waals surface area contributed by atoms with Crippen molar-refractivity contribution in [3.05, 3.63) is 63.6 Å². The van der Waals surface area contributed by atoms with Crippen LogP contribution in [0.2, 0.25) is 0 Å². The molecule has 0 aliphatic carbocycles. The Morgan fingerprint density at radius 2 is 1.97 bits per heavy atom. The van der Waals surface area contributed by atoms with Gasteiger partial charge in [0.1, 0.15) is 5.75 Å². The highest BCUT2D eigenvalue weighted by Gasteiger charge is 2.29. The molecule has 1 unspecified atom stereocenters. The van der Waals surface area contributed by atoms with E-state index in [2.05, 4.69) is 58.1 Å². The molecule has 5 rings (SSSR count). The van der Waals surface area contributed by atoms with Gasteiger partial charge in [-0.15, -0.1) is 0 Å². The molecule has 7 nitrogen and oxygen atoms in total. The molecular formula is C24H29N5O2. The molecule has 0 saturated carbocycles. The number of benzene rings is 2. The topological polar surface area (TPSA) is 69.3 Å². The number of fused-ring (bicyclic) bond motifs is 2. The summed E-state index contributed by atoms with van der Waals surface area (Å²) in [5, 5.41) is 4.81. The van der Waals surface area contributed by atoms with Crippen molar-refractivity contribution in [2.75, 3.05) is 33.8 Å². The monoisotopic (exact) mass is 419 g/mol. The molecule has 4 aromatic rings. The van der Waals surface area contributed by atoms with Gasteiger partial charge in [-0.2, -0.15) is 0 Å². The molecule has 0 amide bonds. The number of rotatable bonds is 4. The first-order valence-corrected chi connectivity index (χ1v) is 10.7. The minimum atomic E-state index is -0.0408. The first-order valence-electron chi connectivity index (χ1n) is 10.7. The number of hydrogen-bond donors (Lipinski definition) is 2. The molecule has 0 bridgehead atoms. The van der Waals surface area contributed by atoms with Gasteiger partial charge >= 0.3 is 0 Å². The van der Waals surface area contributed by atoms with Crippen LogP contribution in [0.25, 0.3) is 21.8 Å². The molecule has 2 N–H and O–H groups in total. The third-order valence-corrected chi connectivity index (χ3v) is 6.67. The number of aryl methyl sites for hydroxylation is 2. The van der Waals surface area contributed by atoms with Crippen LogP contribution in [0.5, 0.6) is 5.75 Å². The van der Waals surface area contributed by atoms with E-state index in [-0.39, 0.29) is 11.6 Å². The van der Waals surface area contributed by atoms with Gasteiger partial charge in [0.05, 0.1) is 18.0 Å². The lowest BCUT2D eigenvalue weighted by atomic mass is 9.98. The van der Waals surface area contributed by atoms with Crippen molar-refractivity contribution in [1.82, 2.24) is 24.6 Å². The Kier molecular flexibility index (Phi) is 4.87. The van der Waals surface area contributed by atoms with E-state index in [4.69, 9.17) is 4.74 Å². The average Bonchev–Trinajstić information content (AvgIpc) is 3.36. The summed E-state index contributed by atoms with van der Waals surface area (Å²) in [6.07, 6.45) is 2.00. The lowest BCUT2D eigenvalue weighted by molar-refractivity contribution is 0.0831. The summed E-state index contributed by atoms with van der Waals surface area (Å²) in [6.45, 7) is 5.84. The lowest BCUT2D eigenvalue weighted by Gasteiger charge is -2.40. The Hall–Kier alpha value is -3.03. The molecule has 1 saturated heterocycles. The Bertz CT molecular complexity index is 1310. The van der Waals surface area contributed by atoms with Gasteiger partial charge < -0.3 is 14.6 Å². The highest BCUT2D eigenvalue weighted by atomic mass is 16.5. The number of methoxy groups -OCH3 is 1. The maximum absolute atomic E-state index is 12.1. The molecule has 7 heteroatoms. The smallest absolute Gasteiger partial charge is 0.271 e. The number of H-pyrrole nitrogens is 2. The van der Waals surface area contributed by atoms with Crippen molar-refractivity contribution in [2.24, 2.45) is 7.05 Å². The van der Waals surface area contributed by atoms with Crippen LogP contribution in [0.1, 0.15) is 22.7 Å². The fourth-order valence-electron chi connectivity index (χ4n) is 4.94. The normalized spacial score (nSPS) is 18.3. The summed E-state index contributed by atoms with van der Waals surface area (Å²) in [5.41, 5.74) is 5.70. The minimum Gasteiger partial charge on any atom is -0.496 e. The first kappa shape index (κ1) is 19.9. The van der Waals surface area contributed by atoms with E-state index in [0.717, 1.165) is 42.8 Å². The maximum atomic E-state index is 12.1. The number of hydrogen-bond acceptors (Lipinski definition) is 4. The molecule has 1 atom stereocenters. The van der Waals surface area contributed by atoms with Crippen molar-refractivity contribution in [1.29, 1.82) is 0 Å². The van der Waals surface area contributed by atoms with E-state index < -0.39 is 0 Å². The standard InChI is InChI=1S/C24H29N5O2/c1-15-11-22(31-4)19(17-7-8-25-23(15)17)13-29-10-9-27(2)14-21(29)16-5-6-18-20(12-16)28(3)26-24(18)30/h5-8,11-12,21,25H,9-10,13-14H2,1-4H3,(H,26,30). The molecule has 2 aromatic heterocycles. The van der Waals surface area contributed by atoms with E-state index in [9.17, 15) is 4.79 Å². The second-order valence-electron chi connectivity index (χ2n) is 8.67. The number of nitrogens with zero attached hydrogens (tertiary/aromatic N) is 3. The van der Waals surface area contributed by atoms with Gasteiger partial charge in [-0.05, 0) is 49.4 Å². The first-order chi connectivity index (χ1) is 15.0. The summed E-state index contributed by atoms with van der Waals surface area (Å²) >= 11 is 0. The fourth-order valence-corrected chi connectivity index (χ4v) is 4.94. The number of aromatic nitrogens is 3. The largest absolute Gasteiger partial charge is 0.496 e.